The molecule has 0 saturated carbocycles. The van der Waals surface area contributed by atoms with Crippen LogP contribution in [0.2, 0.25) is 0 Å². The number of carbonyl (C=O) groups is 3. The van der Waals surface area contributed by atoms with E-state index in [2.05, 4.69) is 10.1 Å². The lowest BCUT2D eigenvalue weighted by molar-refractivity contribution is -0.146. The van der Waals surface area contributed by atoms with Crippen LogP contribution in [0.4, 0.5) is 4.79 Å². The first-order valence-electron chi connectivity index (χ1n) is 9.08. The number of rotatable bonds is 7. The van der Waals surface area contributed by atoms with Crippen molar-refractivity contribution in [1.82, 2.24) is 5.32 Å². The molecule has 29 heavy (non-hydrogen) atoms. The summed E-state index contributed by atoms with van der Waals surface area (Å²) >= 11 is 0. The van der Waals surface area contributed by atoms with Gasteiger partial charge in [-0.15, -0.1) is 0 Å². The van der Waals surface area contributed by atoms with E-state index in [1.807, 2.05) is 48.5 Å². The van der Waals surface area contributed by atoms with Crippen molar-refractivity contribution in [2.45, 2.75) is 24.4 Å². The van der Waals surface area contributed by atoms with Gasteiger partial charge in [0.1, 0.15) is 6.61 Å². The van der Waals surface area contributed by atoms with Crippen molar-refractivity contribution in [3.05, 3.63) is 59.7 Å². The highest BCUT2D eigenvalue weighted by molar-refractivity contribution is 5.84. The SMILES string of the molecule is COC(=O)CCC(N)(NC(=O)OCC1c2ccccc2-c2ccccc21)C(=O)O. The highest BCUT2D eigenvalue weighted by Crippen LogP contribution is 2.44. The maximum absolute atomic E-state index is 12.3. The van der Waals surface area contributed by atoms with Crippen molar-refractivity contribution in [2.75, 3.05) is 13.7 Å². The zero-order valence-corrected chi connectivity index (χ0v) is 15.9. The molecule has 152 valence electrons. The number of methoxy groups -OCH3 is 1. The minimum absolute atomic E-state index is 0.0204. The zero-order chi connectivity index (χ0) is 21.0. The molecule has 1 unspecified atom stereocenters. The van der Waals surface area contributed by atoms with Crippen molar-refractivity contribution in [1.29, 1.82) is 0 Å². The van der Waals surface area contributed by atoms with Gasteiger partial charge in [-0.2, -0.15) is 0 Å². The molecule has 1 aliphatic rings. The van der Waals surface area contributed by atoms with Crippen LogP contribution in [0.15, 0.2) is 48.5 Å². The second-order valence-electron chi connectivity index (χ2n) is 6.80. The van der Waals surface area contributed by atoms with Crippen LogP contribution in [0.1, 0.15) is 29.9 Å². The van der Waals surface area contributed by atoms with Crippen molar-refractivity contribution < 1.29 is 29.0 Å². The van der Waals surface area contributed by atoms with Gasteiger partial charge >= 0.3 is 18.0 Å². The summed E-state index contributed by atoms with van der Waals surface area (Å²) in [7, 11) is 1.18. The minimum atomic E-state index is -2.14. The number of ether oxygens (including phenoxy) is 2. The monoisotopic (exact) mass is 398 g/mol. The number of benzene rings is 2. The molecule has 8 heteroatoms. The number of aliphatic carboxylic acids is 1. The molecule has 2 aromatic carbocycles. The summed E-state index contributed by atoms with van der Waals surface area (Å²) in [5.41, 5.74) is 7.84. The van der Waals surface area contributed by atoms with Gasteiger partial charge in [-0.1, -0.05) is 48.5 Å². The second kappa shape index (κ2) is 8.32. The average Bonchev–Trinajstić information content (AvgIpc) is 3.04. The molecule has 0 heterocycles. The largest absolute Gasteiger partial charge is 0.478 e. The standard InChI is InChI=1S/C21H22N2O6/c1-28-18(24)10-11-21(22,19(25)26)23-20(27)29-12-17-15-8-4-2-6-13(15)14-7-3-5-9-16(14)17/h2-9,17H,10-12,22H2,1H3,(H,23,27)(H,25,26). The number of nitrogens with two attached hydrogens (primary N) is 1. The van der Waals surface area contributed by atoms with Gasteiger partial charge in [0.15, 0.2) is 5.66 Å². The summed E-state index contributed by atoms with van der Waals surface area (Å²) in [6.07, 6.45) is -1.57. The molecular formula is C21H22N2O6. The number of carbonyl (C=O) groups excluding carboxylic acids is 2. The van der Waals surface area contributed by atoms with E-state index in [0.29, 0.717) is 0 Å². The van der Waals surface area contributed by atoms with Gasteiger partial charge < -0.3 is 14.6 Å². The fourth-order valence-electron chi connectivity index (χ4n) is 3.44. The summed E-state index contributed by atoms with van der Waals surface area (Å²) in [5.74, 6) is -2.27. The normalized spacial score (nSPS) is 14.3. The molecule has 1 amide bonds. The summed E-state index contributed by atoms with van der Waals surface area (Å²) in [5, 5.41) is 11.5. The average molecular weight is 398 g/mol. The van der Waals surface area contributed by atoms with Crippen molar-refractivity contribution in [3.8, 4) is 11.1 Å². The van der Waals surface area contributed by atoms with Crippen LogP contribution in [-0.4, -0.2) is 42.5 Å². The molecule has 0 fully saturated rings. The Morgan fingerprint density at radius 1 is 1.07 bits per heavy atom. The predicted octanol–water partition coefficient (Wildman–Crippen LogP) is 2.22. The fraction of sp³-hybridized carbons (Fsp3) is 0.286. The Morgan fingerprint density at radius 3 is 2.14 bits per heavy atom. The van der Waals surface area contributed by atoms with E-state index < -0.39 is 23.7 Å². The van der Waals surface area contributed by atoms with E-state index in [4.69, 9.17) is 10.5 Å². The summed E-state index contributed by atoms with van der Waals surface area (Å²) in [4.78, 5) is 35.0. The molecule has 0 bridgehead atoms. The van der Waals surface area contributed by atoms with Crippen LogP contribution in [0, 0.1) is 0 Å². The molecule has 0 saturated heterocycles. The third kappa shape index (κ3) is 4.22. The number of esters is 1. The highest BCUT2D eigenvalue weighted by Gasteiger charge is 2.37. The van der Waals surface area contributed by atoms with Gasteiger partial charge in [-0.05, 0) is 22.3 Å². The molecule has 0 radical (unpaired) electrons. The first kappa shape index (κ1) is 20.3. The topological polar surface area (TPSA) is 128 Å². The lowest BCUT2D eigenvalue weighted by Gasteiger charge is -2.25. The first-order chi connectivity index (χ1) is 13.9. The smallest absolute Gasteiger partial charge is 0.409 e. The Bertz CT molecular complexity index is 899. The van der Waals surface area contributed by atoms with E-state index in [1.54, 1.807) is 0 Å². The quantitative estimate of drug-likeness (QED) is 0.482. The summed E-state index contributed by atoms with van der Waals surface area (Å²) in [6, 6.07) is 15.7. The number of alkyl carbamates (subject to hydrolysis) is 1. The third-order valence-electron chi connectivity index (χ3n) is 5.00. The number of hydrogen-bond acceptors (Lipinski definition) is 6. The van der Waals surface area contributed by atoms with E-state index in [0.717, 1.165) is 22.3 Å². The Hall–Kier alpha value is -3.39. The summed E-state index contributed by atoms with van der Waals surface area (Å²) < 4.78 is 9.79. The highest BCUT2D eigenvalue weighted by atomic mass is 16.5. The van der Waals surface area contributed by atoms with Crippen LogP contribution in [0.25, 0.3) is 11.1 Å². The number of carboxylic acid groups (broad SMARTS) is 1. The van der Waals surface area contributed by atoms with Gasteiger partial charge in [0.05, 0.1) is 7.11 Å². The molecular weight excluding hydrogens is 376 g/mol. The Morgan fingerprint density at radius 2 is 1.62 bits per heavy atom. The molecule has 1 aliphatic carbocycles. The van der Waals surface area contributed by atoms with Crippen molar-refractivity contribution in [3.63, 3.8) is 0 Å². The van der Waals surface area contributed by atoms with Crippen LogP contribution in [0.3, 0.4) is 0 Å². The maximum atomic E-state index is 12.3. The second-order valence-corrected chi connectivity index (χ2v) is 6.80. The number of carboxylic acids is 1. The van der Waals surface area contributed by atoms with Crippen molar-refractivity contribution in [2.24, 2.45) is 5.73 Å². The van der Waals surface area contributed by atoms with Gasteiger partial charge in [0, 0.05) is 18.8 Å². The number of fused-ring (bicyclic) bond motifs is 3. The first-order valence-corrected chi connectivity index (χ1v) is 9.08. The van der Waals surface area contributed by atoms with Gasteiger partial charge in [0.25, 0.3) is 0 Å². The Kier molecular flexibility index (Phi) is 5.84. The minimum Gasteiger partial charge on any atom is -0.478 e. The zero-order valence-electron chi connectivity index (χ0n) is 15.9. The molecule has 0 aromatic heterocycles. The van der Waals surface area contributed by atoms with Gasteiger partial charge in [-0.3, -0.25) is 15.8 Å². The molecule has 2 aromatic rings. The van der Waals surface area contributed by atoms with Gasteiger partial charge in [0.2, 0.25) is 0 Å². The molecule has 3 rings (SSSR count). The van der Waals surface area contributed by atoms with Crippen LogP contribution in [-0.2, 0) is 19.1 Å². The molecule has 4 N–H and O–H groups in total. The van der Waals surface area contributed by atoms with Crippen LogP contribution >= 0.6 is 0 Å². The Labute approximate surface area is 167 Å². The van der Waals surface area contributed by atoms with E-state index in [-0.39, 0.29) is 25.4 Å². The van der Waals surface area contributed by atoms with E-state index in [1.165, 1.54) is 7.11 Å². The fourth-order valence-corrected chi connectivity index (χ4v) is 3.44. The number of hydrogen-bond donors (Lipinski definition) is 3. The summed E-state index contributed by atoms with van der Waals surface area (Å²) in [6.45, 7) is 0.0204. The molecule has 0 spiro atoms. The number of amides is 1. The van der Waals surface area contributed by atoms with E-state index in [9.17, 15) is 19.5 Å². The van der Waals surface area contributed by atoms with Crippen LogP contribution < -0.4 is 11.1 Å². The third-order valence-corrected chi connectivity index (χ3v) is 5.00. The van der Waals surface area contributed by atoms with Gasteiger partial charge in [-0.25, -0.2) is 9.59 Å². The molecule has 0 aliphatic heterocycles. The van der Waals surface area contributed by atoms with E-state index >= 15 is 0 Å². The molecule has 8 nitrogen and oxygen atoms in total. The van der Waals surface area contributed by atoms with Crippen molar-refractivity contribution >= 4 is 18.0 Å². The molecule has 1 atom stereocenters. The Balaban J connectivity index is 1.69. The maximum Gasteiger partial charge on any atom is 0.409 e. The number of nitrogens with one attached hydrogen (secondary N) is 1. The van der Waals surface area contributed by atoms with Crippen LogP contribution in [0.5, 0.6) is 0 Å². The lowest BCUT2D eigenvalue weighted by Crippen LogP contribution is -2.61. The lowest BCUT2D eigenvalue weighted by atomic mass is 9.98. The predicted molar refractivity (Wildman–Crippen MR) is 104 cm³/mol.